The Balaban J connectivity index is 2.80. The molecule has 0 aromatic carbocycles. The van der Waals surface area contributed by atoms with Crippen LogP contribution in [0.1, 0.15) is 32.6 Å². The second-order valence-corrected chi connectivity index (χ2v) is 9.81. The Labute approximate surface area is 95.4 Å². The van der Waals surface area contributed by atoms with Crippen LogP contribution >= 0.6 is 0 Å². The van der Waals surface area contributed by atoms with Crippen LogP contribution in [-0.4, -0.2) is 8.32 Å². The molecular formula is C13H24OSi. The summed E-state index contributed by atoms with van der Waals surface area (Å²) in [6, 6.07) is 0. The van der Waals surface area contributed by atoms with E-state index in [-0.39, 0.29) is 0 Å². The number of hydrogen-bond acceptors (Lipinski definition) is 1. The minimum atomic E-state index is -1.44. The van der Waals surface area contributed by atoms with E-state index >= 15 is 0 Å². The van der Waals surface area contributed by atoms with Gasteiger partial charge in [-0.2, -0.15) is 0 Å². The molecular weight excluding hydrogens is 200 g/mol. The molecule has 0 spiro atoms. The highest BCUT2D eigenvalue weighted by Crippen LogP contribution is 2.33. The zero-order chi connectivity index (χ0) is 11.5. The minimum Gasteiger partial charge on any atom is -0.548 e. The third kappa shape index (κ3) is 3.86. The molecule has 2 heteroatoms. The molecule has 1 rings (SSSR count). The average molecular weight is 224 g/mol. The van der Waals surface area contributed by atoms with Crippen molar-refractivity contribution >= 4 is 8.32 Å². The normalized spacial score (nSPS) is 26.0. The van der Waals surface area contributed by atoms with Crippen molar-refractivity contribution in [3.8, 4) is 0 Å². The van der Waals surface area contributed by atoms with Crippen molar-refractivity contribution in [3.05, 3.63) is 24.0 Å². The van der Waals surface area contributed by atoms with Crippen molar-refractivity contribution in [3.63, 3.8) is 0 Å². The summed E-state index contributed by atoms with van der Waals surface area (Å²) in [5, 5.41) is 0. The SMILES string of the molecule is C=C[C@H]1CCCC/C1=C(/C)O[Si](C)(C)C. The Kier molecular flexibility index (Phi) is 4.20. The summed E-state index contributed by atoms with van der Waals surface area (Å²) in [6.07, 6.45) is 7.19. The lowest BCUT2D eigenvalue weighted by Crippen LogP contribution is -2.25. The Morgan fingerprint density at radius 1 is 1.40 bits per heavy atom. The van der Waals surface area contributed by atoms with Crippen molar-refractivity contribution in [1.82, 2.24) is 0 Å². The van der Waals surface area contributed by atoms with E-state index in [4.69, 9.17) is 4.43 Å². The largest absolute Gasteiger partial charge is 0.548 e. The molecule has 0 amide bonds. The fraction of sp³-hybridized carbons (Fsp3) is 0.692. The number of allylic oxidation sites excluding steroid dienone is 3. The molecule has 0 saturated heterocycles. The monoisotopic (exact) mass is 224 g/mol. The quantitative estimate of drug-likeness (QED) is 0.390. The van der Waals surface area contributed by atoms with E-state index in [0.717, 1.165) is 0 Å². The first-order chi connectivity index (χ1) is 6.94. The summed E-state index contributed by atoms with van der Waals surface area (Å²) in [5.41, 5.74) is 1.50. The van der Waals surface area contributed by atoms with Gasteiger partial charge in [-0.25, -0.2) is 0 Å². The number of hydrogen-bond donors (Lipinski definition) is 0. The van der Waals surface area contributed by atoms with Crippen LogP contribution in [0.5, 0.6) is 0 Å². The van der Waals surface area contributed by atoms with Gasteiger partial charge in [0.2, 0.25) is 8.32 Å². The second-order valence-electron chi connectivity index (χ2n) is 5.38. The first kappa shape index (κ1) is 12.6. The highest BCUT2D eigenvalue weighted by atomic mass is 28.4. The van der Waals surface area contributed by atoms with Crippen LogP contribution in [0, 0.1) is 5.92 Å². The predicted octanol–water partition coefficient (Wildman–Crippen LogP) is 4.49. The molecule has 86 valence electrons. The van der Waals surface area contributed by atoms with Crippen LogP contribution < -0.4 is 0 Å². The summed E-state index contributed by atoms with van der Waals surface area (Å²) in [7, 11) is -1.44. The molecule has 0 aromatic heterocycles. The van der Waals surface area contributed by atoms with Crippen molar-refractivity contribution in [2.24, 2.45) is 5.92 Å². The summed E-state index contributed by atoms with van der Waals surface area (Å²) in [5.74, 6) is 1.74. The van der Waals surface area contributed by atoms with Crippen LogP contribution in [0.2, 0.25) is 19.6 Å². The van der Waals surface area contributed by atoms with Crippen molar-refractivity contribution in [2.45, 2.75) is 52.2 Å². The van der Waals surface area contributed by atoms with E-state index in [1.165, 1.54) is 37.0 Å². The average Bonchev–Trinajstić information content (AvgIpc) is 2.15. The van der Waals surface area contributed by atoms with Crippen molar-refractivity contribution < 1.29 is 4.43 Å². The third-order valence-electron chi connectivity index (χ3n) is 2.85. The van der Waals surface area contributed by atoms with E-state index in [9.17, 15) is 0 Å². The van der Waals surface area contributed by atoms with Gasteiger partial charge in [0, 0.05) is 5.92 Å². The van der Waals surface area contributed by atoms with Gasteiger partial charge in [-0.05, 0) is 51.4 Å². The van der Waals surface area contributed by atoms with Gasteiger partial charge in [-0.15, -0.1) is 6.58 Å². The van der Waals surface area contributed by atoms with E-state index in [2.05, 4.69) is 39.2 Å². The molecule has 0 unspecified atom stereocenters. The van der Waals surface area contributed by atoms with Crippen molar-refractivity contribution in [1.29, 1.82) is 0 Å². The van der Waals surface area contributed by atoms with Gasteiger partial charge in [0.1, 0.15) is 0 Å². The Bertz CT molecular complexity index is 260. The Morgan fingerprint density at radius 3 is 2.60 bits per heavy atom. The molecule has 0 aromatic rings. The van der Waals surface area contributed by atoms with Crippen LogP contribution in [0.3, 0.4) is 0 Å². The fourth-order valence-electron chi connectivity index (χ4n) is 2.26. The molecule has 1 aliphatic carbocycles. The zero-order valence-corrected chi connectivity index (χ0v) is 11.6. The molecule has 0 radical (unpaired) electrons. The van der Waals surface area contributed by atoms with Gasteiger partial charge in [-0.3, -0.25) is 0 Å². The standard InChI is InChI=1S/C13H24OSi/c1-6-12-9-7-8-10-13(12)11(2)14-15(3,4)5/h6,12H,1,7-10H2,2-5H3/b13-11+/t12-/m0/s1. The lowest BCUT2D eigenvalue weighted by molar-refractivity contribution is 0.390. The molecule has 0 aliphatic heterocycles. The molecule has 1 nitrogen and oxygen atoms in total. The first-order valence-corrected chi connectivity index (χ1v) is 9.36. The van der Waals surface area contributed by atoms with Gasteiger partial charge in [0.15, 0.2) is 0 Å². The predicted molar refractivity (Wildman–Crippen MR) is 69.3 cm³/mol. The van der Waals surface area contributed by atoms with Gasteiger partial charge in [0.25, 0.3) is 0 Å². The second kappa shape index (κ2) is 5.02. The molecule has 1 atom stereocenters. The van der Waals surface area contributed by atoms with E-state index in [1.54, 1.807) is 0 Å². The van der Waals surface area contributed by atoms with Gasteiger partial charge in [-0.1, -0.05) is 12.5 Å². The van der Waals surface area contributed by atoms with Gasteiger partial charge >= 0.3 is 0 Å². The smallest absolute Gasteiger partial charge is 0.241 e. The van der Waals surface area contributed by atoms with E-state index < -0.39 is 8.32 Å². The maximum Gasteiger partial charge on any atom is 0.241 e. The maximum absolute atomic E-state index is 6.08. The summed E-state index contributed by atoms with van der Waals surface area (Å²) in [6.45, 7) is 12.8. The van der Waals surface area contributed by atoms with E-state index in [0.29, 0.717) is 5.92 Å². The Morgan fingerprint density at radius 2 is 2.07 bits per heavy atom. The molecule has 15 heavy (non-hydrogen) atoms. The van der Waals surface area contributed by atoms with Gasteiger partial charge in [0.05, 0.1) is 5.76 Å². The molecule has 1 aliphatic rings. The molecule has 0 heterocycles. The molecule has 1 fully saturated rings. The zero-order valence-electron chi connectivity index (χ0n) is 10.6. The lowest BCUT2D eigenvalue weighted by Gasteiger charge is -2.28. The molecule has 0 bridgehead atoms. The van der Waals surface area contributed by atoms with Crippen LogP contribution in [-0.2, 0) is 4.43 Å². The summed E-state index contributed by atoms with van der Waals surface area (Å²) < 4.78 is 6.08. The highest BCUT2D eigenvalue weighted by molar-refractivity contribution is 6.70. The Hall–Kier alpha value is -0.503. The summed E-state index contributed by atoms with van der Waals surface area (Å²) in [4.78, 5) is 0. The summed E-state index contributed by atoms with van der Waals surface area (Å²) >= 11 is 0. The topological polar surface area (TPSA) is 9.23 Å². The van der Waals surface area contributed by atoms with Crippen LogP contribution in [0.4, 0.5) is 0 Å². The van der Waals surface area contributed by atoms with Crippen LogP contribution in [0.15, 0.2) is 24.0 Å². The first-order valence-electron chi connectivity index (χ1n) is 5.95. The third-order valence-corrected chi connectivity index (χ3v) is 3.77. The lowest BCUT2D eigenvalue weighted by atomic mass is 9.84. The van der Waals surface area contributed by atoms with E-state index in [1.807, 2.05) is 0 Å². The maximum atomic E-state index is 6.08. The highest BCUT2D eigenvalue weighted by Gasteiger charge is 2.22. The minimum absolute atomic E-state index is 0.565. The van der Waals surface area contributed by atoms with Gasteiger partial charge < -0.3 is 4.43 Å². The molecule has 1 saturated carbocycles. The fourth-order valence-corrected chi connectivity index (χ4v) is 3.31. The van der Waals surface area contributed by atoms with Crippen molar-refractivity contribution in [2.75, 3.05) is 0 Å². The molecule has 0 N–H and O–H groups in total. The van der Waals surface area contributed by atoms with Crippen LogP contribution in [0.25, 0.3) is 0 Å². The number of rotatable bonds is 3.